The van der Waals surface area contributed by atoms with Crippen molar-refractivity contribution in [2.75, 3.05) is 0 Å². The molecule has 1 unspecified atom stereocenters. The predicted molar refractivity (Wildman–Crippen MR) is 48.8 cm³/mol. The summed E-state index contributed by atoms with van der Waals surface area (Å²) in [6.45, 7) is 0. The van der Waals surface area contributed by atoms with Crippen molar-refractivity contribution in [1.29, 1.82) is 0 Å². The maximum absolute atomic E-state index is 9.66. The van der Waals surface area contributed by atoms with E-state index in [1.165, 1.54) is 0 Å². The van der Waals surface area contributed by atoms with Gasteiger partial charge >= 0.3 is 0 Å². The lowest BCUT2D eigenvalue weighted by molar-refractivity contribution is 0.172. The third-order valence-electron chi connectivity index (χ3n) is 2.10. The van der Waals surface area contributed by atoms with E-state index in [0.717, 1.165) is 24.1 Å². The van der Waals surface area contributed by atoms with Crippen LogP contribution >= 0.6 is 0 Å². The maximum Gasteiger partial charge on any atom is 0.0814 e. The molecule has 0 saturated heterocycles. The first-order valence-corrected chi connectivity index (χ1v) is 4.17. The first-order valence-electron chi connectivity index (χ1n) is 4.17. The fraction of sp³-hybridized carbons (Fsp3) is 0.300. The molecule has 0 aliphatic carbocycles. The summed E-state index contributed by atoms with van der Waals surface area (Å²) in [6.07, 6.45) is 3.16. The van der Waals surface area contributed by atoms with Crippen LogP contribution in [-0.4, -0.2) is 11.3 Å². The first kappa shape index (κ1) is 7.50. The zero-order valence-corrected chi connectivity index (χ0v) is 6.77. The van der Waals surface area contributed by atoms with E-state index in [-0.39, 0.29) is 6.10 Å². The molecule has 0 fully saturated rings. The minimum atomic E-state index is -0.344. The van der Waals surface area contributed by atoms with Crippen LogP contribution in [0.15, 0.2) is 29.3 Å². The van der Waals surface area contributed by atoms with Crippen molar-refractivity contribution in [2.24, 2.45) is 4.99 Å². The topological polar surface area (TPSA) is 32.6 Å². The fourth-order valence-corrected chi connectivity index (χ4v) is 1.44. The Kier molecular flexibility index (Phi) is 1.92. The number of hydrogen-bond donors (Lipinski definition) is 1. The Morgan fingerprint density at radius 1 is 1.33 bits per heavy atom. The van der Waals surface area contributed by atoms with E-state index < -0.39 is 0 Å². The van der Waals surface area contributed by atoms with E-state index >= 15 is 0 Å². The largest absolute Gasteiger partial charge is 0.388 e. The molecule has 2 rings (SSSR count). The normalized spacial score (nSPS) is 21.6. The van der Waals surface area contributed by atoms with Gasteiger partial charge in [0.1, 0.15) is 0 Å². The van der Waals surface area contributed by atoms with Gasteiger partial charge in [-0.2, -0.15) is 0 Å². The predicted octanol–water partition coefficient (Wildman–Crippen LogP) is 2.22. The highest BCUT2D eigenvalue weighted by molar-refractivity contribution is 5.66. The van der Waals surface area contributed by atoms with Gasteiger partial charge in [-0.3, -0.25) is 4.99 Å². The van der Waals surface area contributed by atoms with Crippen molar-refractivity contribution in [1.82, 2.24) is 0 Å². The Morgan fingerprint density at radius 3 is 3.08 bits per heavy atom. The minimum absolute atomic E-state index is 0.344. The molecule has 1 aliphatic heterocycles. The van der Waals surface area contributed by atoms with Gasteiger partial charge in [-0.1, -0.05) is 18.2 Å². The summed E-state index contributed by atoms with van der Waals surface area (Å²) in [4.78, 5) is 4.25. The van der Waals surface area contributed by atoms with Gasteiger partial charge in [0.25, 0.3) is 0 Å². The molecule has 0 saturated carbocycles. The van der Waals surface area contributed by atoms with Gasteiger partial charge in [0.2, 0.25) is 0 Å². The molecule has 0 bridgehead atoms. The van der Waals surface area contributed by atoms with E-state index in [0.29, 0.717) is 0 Å². The highest BCUT2D eigenvalue weighted by atomic mass is 16.3. The summed E-state index contributed by atoms with van der Waals surface area (Å²) in [5, 5.41) is 9.66. The lowest BCUT2D eigenvalue weighted by Crippen LogP contribution is -1.95. The molecule has 1 heterocycles. The Balaban J connectivity index is 2.49. The number of hydrogen-bond acceptors (Lipinski definition) is 2. The number of nitrogens with zero attached hydrogens (tertiary/aromatic N) is 1. The molecule has 0 spiro atoms. The third-order valence-corrected chi connectivity index (χ3v) is 2.10. The van der Waals surface area contributed by atoms with Crippen LogP contribution in [0, 0.1) is 0 Å². The molecule has 1 N–H and O–H groups in total. The summed E-state index contributed by atoms with van der Waals surface area (Å²) < 4.78 is 0. The van der Waals surface area contributed by atoms with Crippen molar-refractivity contribution in [3.8, 4) is 0 Å². The second-order valence-electron chi connectivity index (χ2n) is 2.96. The van der Waals surface area contributed by atoms with E-state index in [1.54, 1.807) is 0 Å². The van der Waals surface area contributed by atoms with Crippen molar-refractivity contribution in [3.05, 3.63) is 29.8 Å². The molecule has 1 atom stereocenters. The average molecular weight is 161 g/mol. The highest BCUT2D eigenvalue weighted by Gasteiger charge is 2.12. The summed E-state index contributed by atoms with van der Waals surface area (Å²) >= 11 is 0. The Morgan fingerprint density at radius 2 is 2.17 bits per heavy atom. The molecule has 0 radical (unpaired) electrons. The maximum atomic E-state index is 9.66. The number of para-hydroxylation sites is 1. The van der Waals surface area contributed by atoms with Crippen LogP contribution in [0.25, 0.3) is 0 Å². The summed E-state index contributed by atoms with van der Waals surface area (Å²) in [7, 11) is 0. The zero-order chi connectivity index (χ0) is 8.39. The standard InChI is InChI=1S/C10H11NO/c12-10-6-3-7-11-9-5-2-1-4-8(9)10/h1-2,4-5,7,10,12H,3,6H2. The van der Waals surface area contributed by atoms with Crippen LogP contribution in [-0.2, 0) is 0 Å². The van der Waals surface area contributed by atoms with E-state index in [1.807, 2.05) is 30.5 Å². The number of aliphatic imine (C=N–C) groups is 1. The lowest BCUT2D eigenvalue weighted by atomic mass is 10.0. The minimum Gasteiger partial charge on any atom is -0.388 e. The van der Waals surface area contributed by atoms with Crippen molar-refractivity contribution in [2.45, 2.75) is 18.9 Å². The number of aliphatic hydroxyl groups is 1. The number of fused-ring (bicyclic) bond motifs is 1. The quantitative estimate of drug-likeness (QED) is 0.621. The molecule has 12 heavy (non-hydrogen) atoms. The molecule has 2 nitrogen and oxygen atoms in total. The second-order valence-corrected chi connectivity index (χ2v) is 2.96. The molecule has 1 aromatic carbocycles. The van der Waals surface area contributed by atoms with Crippen LogP contribution in [0.2, 0.25) is 0 Å². The smallest absolute Gasteiger partial charge is 0.0814 e. The fourth-order valence-electron chi connectivity index (χ4n) is 1.44. The van der Waals surface area contributed by atoms with Crippen LogP contribution < -0.4 is 0 Å². The van der Waals surface area contributed by atoms with Gasteiger partial charge < -0.3 is 5.11 Å². The first-order chi connectivity index (χ1) is 5.88. The third kappa shape index (κ3) is 1.25. The second kappa shape index (κ2) is 3.07. The van der Waals surface area contributed by atoms with E-state index in [9.17, 15) is 5.11 Å². The van der Waals surface area contributed by atoms with Crippen molar-refractivity contribution >= 4 is 11.9 Å². The van der Waals surface area contributed by atoms with Crippen LogP contribution in [0.5, 0.6) is 0 Å². The Hall–Kier alpha value is -1.15. The Bertz CT molecular complexity index is 306. The van der Waals surface area contributed by atoms with Gasteiger partial charge in [0.15, 0.2) is 0 Å². The molecule has 0 amide bonds. The van der Waals surface area contributed by atoms with E-state index in [4.69, 9.17) is 0 Å². The summed E-state index contributed by atoms with van der Waals surface area (Å²) in [6, 6.07) is 7.74. The van der Waals surface area contributed by atoms with Gasteiger partial charge in [-0.15, -0.1) is 0 Å². The van der Waals surface area contributed by atoms with Crippen LogP contribution in [0.1, 0.15) is 24.5 Å². The highest BCUT2D eigenvalue weighted by Crippen LogP contribution is 2.29. The van der Waals surface area contributed by atoms with Gasteiger partial charge in [0, 0.05) is 11.8 Å². The molecule has 1 aromatic rings. The van der Waals surface area contributed by atoms with Crippen molar-refractivity contribution in [3.63, 3.8) is 0 Å². The molecule has 1 aliphatic rings. The van der Waals surface area contributed by atoms with Gasteiger partial charge in [0.05, 0.1) is 11.8 Å². The SMILES string of the molecule is OC1CCC=Nc2ccccc21. The molecule has 62 valence electrons. The molecular formula is C10H11NO. The van der Waals surface area contributed by atoms with Crippen LogP contribution in [0.4, 0.5) is 5.69 Å². The molecular weight excluding hydrogens is 150 g/mol. The Labute approximate surface area is 71.6 Å². The summed E-state index contributed by atoms with van der Waals surface area (Å²) in [5.74, 6) is 0. The zero-order valence-electron chi connectivity index (χ0n) is 6.77. The number of rotatable bonds is 0. The monoisotopic (exact) mass is 161 g/mol. The average Bonchev–Trinajstić information content (AvgIpc) is 2.29. The number of aliphatic hydroxyl groups excluding tert-OH is 1. The van der Waals surface area contributed by atoms with Crippen molar-refractivity contribution < 1.29 is 5.11 Å². The number of benzene rings is 1. The molecule has 0 aromatic heterocycles. The summed E-state index contributed by atoms with van der Waals surface area (Å²) in [5.41, 5.74) is 1.86. The van der Waals surface area contributed by atoms with Gasteiger partial charge in [-0.25, -0.2) is 0 Å². The van der Waals surface area contributed by atoms with Crippen LogP contribution in [0.3, 0.4) is 0 Å². The van der Waals surface area contributed by atoms with Gasteiger partial charge in [-0.05, 0) is 18.9 Å². The molecule has 2 heteroatoms. The van der Waals surface area contributed by atoms with E-state index in [2.05, 4.69) is 4.99 Å². The lowest BCUT2D eigenvalue weighted by Gasteiger charge is -2.08.